The summed E-state index contributed by atoms with van der Waals surface area (Å²) in [6, 6.07) is -0.738. The number of nitrogens with one attached hydrogen (secondary N) is 1. The molecule has 1 aliphatic carbocycles. The number of rotatable bonds is 7. The molecular formula is C15H27NO3S. The molecule has 116 valence electrons. The summed E-state index contributed by atoms with van der Waals surface area (Å²) in [5.74, 6) is 1.14. The van der Waals surface area contributed by atoms with Crippen molar-refractivity contribution in [1.29, 1.82) is 0 Å². The first kappa shape index (κ1) is 17.3. The first-order chi connectivity index (χ1) is 9.45. The van der Waals surface area contributed by atoms with Gasteiger partial charge >= 0.3 is 5.97 Å². The number of aliphatic carboxylic acids is 1. The van der Waals surface area contributed by atoms with Crippen molar-refractivity contribution in [3.63, 3.8) is 0 Å². The van der Waals surface area contributed by atoms with Crippen molar-refractivity contribution in [1.82, 2.24) is 5.32 Å². The molecule has 2 N–H and O–H groups in total. The van der Waals surface area contributed by atoms with Crippen LogP contribution in [0.4, 0.5) is 0 Å². The standard InChI is InChI=1S/C15H27NO3S/c1-10(2)11-4-6-12(7-5-11)14(17)16-13(15(18)19)8-9-20-3/h10-13H,4-9H2,1-3H3,(H,16,17)(H,18,19). The molecule has 20 heavy (non-hydrogen) atoms. The zero-order chi connectivity index (χ0) is 15.1. The lowest BCUT2D eigenvalue weighted by atomic mass is 9.76. The third-order valence-corrected chi connectivity index (χ3v) is 4.95. The van der Waals surface area contributed by atoms with Crippen LogP contribution >= 0.6 is 11.8 Å². The molecule has 1 saturated carbocycles. The first-order valence-corrected chi connectivity index (χ1v) is 8.87. The molecule has 0 aromatic rings. The van der Waals surface area contributed by atoms with E-state index in [0.717, 1.165) is 31.4 Å². The minimum absolute atomic E-state index is 0.00105. The van der Waals surface area contributed by atoms with Crippen molar-refractivity contribution in [2.45, 2.75) is 52.0 Å². The van der Waals surface area contributed by atoms with E-state index in [0.29, 0.717) is 18.3 Å². The fraction of sp³-hybridized carbons (Fsp3) is 0.867. The lowest BCUT2D eigenvalue weighted by Gasteiger charge is -2.30. The Morgan fingerprint density at radius 3 is 2.30 bits per heavy atom. The molecule has 0 spiro atoms. The smallest absolute Gasteiger partial charge is 0.326 e. The predicted octanol–water partition coefficient (Wildman–Crippen LogP) is 2.77. The Hall–Kier alpha value is -0.710. The summed E-state index contributed by atoms with van der Waals surface area (Å²) in [6.07, 6.45) is 6.38. The number of hydrogen-bond donors (Lipinski definition) is 2. The lowest BCUT2D eigenvalue weighted by molar-refractivity contribution is -0.142. The van der Waals surface area contributed by atoms with Crippen LogP contribution in [0.15, 0.2) is 0 Å². The molecule has 1 aliphatic rings. The number of carboxylic acid groups (broad SMARTS) is 1. The number of thioether (sulfide) groups is 1. The molecule has 1 atom stereocenters. The Balaban J connectivity index is 2.43. The van der Waals surface area contributed by atoms with Crippen LogP contribution in [0.1, 0.15) is 46.0 Å². The van der Waals surface area contributed by atoms with Crippen LogP contribution in [0, 0.1) is 17.8 Å². The van der Waals surface area contributed by atoms with Gasteiger partial charge in [0.05, 0.1) is 0 Å². The van der Waals surface area contributed by atoms with E-state index in [1.807, 2.05) is 6.26 Å². The molecule has 0 saturated heterocycles. The normalized spacial score (nSPS) is 24.4. The van der Waals surface area contributed by atoms with Crippen molar-refractivity contribution >= 4 is 23.6 Å². The van der Waals surface area contributed by atoms with E-state index in [1.165, 1.54) is 0 Å². The molecule has 4 nitrogen and oxygen atoms in total. The second-order valence-electron chi connectivity index (χ2n) is 6.04. The summed E-state index contributed by atoms with van der Waals surface area (Å²) in [5, 5.41) is 11.9. The average Bonchev–Trinajstić information content (AvgIpc) is 2.42. The van der Waals surface area contributed by atoms with Gasteiger partial charge in [-0.25, -0.2) is 4.79 Å². The molecule has 1 amide bonds. The van der Waals surface area contributed by atoms with Crippen LogP contribution in [0.2, 0.25) is 0 Å². The maximum Gasteiger partial charge on any atom is 0.326 e. The summed E-state index contributed by atoms with van der Waals surface area (Å²) < 4.78 is 0. The Bertz CT molecular complexity index is 325. The van der Waals surface area contributed by atoms with Crippen molar-refractivity contribution in [2.75, 3.05) is 12.0 Å². The minimum atomic E-state index is -0.928. The van der Waals surface area contributed by atoms with Crippen LogP contribution in [0.3, 0.4) is 0 Å². The van der Waals surface area contributed by atoms with Gasteiger partial charge in [0.2, 0.25) is 5.91 Å². The molecule has 1 fully saturated rings. The van der Waals surface area contributed by atoms with E-state index in [1.54, 1.807) is 11.8 Å². The molecule has 0 aromatic heterocycles. The third-order valence-electron chi connectivity index (χ3n) is 4.31. The fourth-order valence-corrected chi connectivity index (χ4v) is 3.30. The van der Waals surface area contributed by atoms with Crippen molar-refractivity contribution in [3.8, 4) is 0 Å². The number of carbonyl (C=O) groups excluding carboxylic acids is 1. The van der Waals surface area contributed by atoms with Crippen LogP contribution in [-0.2, 0) is 9.59 Å². The Kier molecular flexibility index (Phi) is 7.41. The van der Waals surface area contributed by atoms with Gasteiger partial charge in [-0.2, -0.15) is 11.8 Å². The largest absolute Gasteiger partial charge is 0.480 e. The zero-order valence-corrected chi connectivity index (χ0v) is 13.5. The molecule has 0 radical (unpaired) electrons. The van der Waals surface area contributed by atoms with Crippen molar-refractivity contribution in [2.24, 2.45) is 17.8 Å². The quantitative estimate of drug-likeness (QED) is 0.759. The first-order valence-electron chi connectivity index (χ1n) is 7.47. The lowest BCUT2D eigenvalue weighted by Crippen LogP contribution is -2.44. The summed E-state index contributed by atoms with van der Waals surface area (Å²) in [5.41, 5.74) is 0. The van der Waals surface area contributed by atoms with E-state index in [2.05, 4.69) is 19.2 Å². The summed E-state index contributed by atoms with van der Waals surface area (Å²) in [4.78, 5) is 23.3. The molecule has 0 heterocycles. The monoisotopic (exact) mass is 301 g/mol. The molecule has 5 heteroatoms. The van der Waals surface area contributed by atoms with Crippen LogP contribution in [-0.4, -0.2) is 35.0 Å². The average molecular weight is 301 g/mol. The van der Waals surface area contributed by atoms with E-state index in [-0.39, 0.29) is 11.8 Å². The maximum atomic E-state index is 12.2. The second kappa shape index (κ2) is 8.55. The topological polar surface area (TPSA) is 66.4 Å². The molecule has 0 aromatic carbocycles. The van der Waals surface area contributed by atoms with Gasteiger partial charge in [0.1, 0.15) is 6.04 Å². The summed E-state index contributed by atoms with van der Waals surface area (Å²) in [6.45, 7) is 4.46. The molecule has 0 bridgehead atoms. The van der Waals surface area contributed by atoms with Gasteiger partial charge in [-0.15, -0.1) is 0 Å². The van der Waals surface area contributed by atoms with Crippen molar-refractivity contribution < 1.29 is 14.7 Å². The second-order valence-corrected chi connectivity index (χ2v) is 7.02. The highest BCUT2D eigenvalue weighted by Crippen LogP contribution is 2.33. The minimum Gasteiger partial charge on any atom is -0.480 e. The van der Waals surface area contributed by atoms with Crippen LogP contribution in [0.5, 0.6) is 0 Å². The summed E-state index contributed by atoms with van der Waals surface area (Å²) >= 11 is 1.60. The number of carboxylic acids is 1. The van der Waals surface area contributed by atoms with E-state index in [9.17, 15) is 9.59 Å². The molecule has 1 unspecified atom stereocenters. The molecule has 1 rings (SSSR count). The zero-order valence-electron chi connectivity index (χ0n) is 12.7. The SMILES string of the molecule is CSCCC(NC(=O)C1CCC(C(C)C)CC1)C(=O)O. The number of carbonyl (C=O) groups is 2. The molecule has 0 aliphatic heterocycles. The van der Waals surface area contributed by atoms with E-state index in [4.69, 9.17) is 5.11 Å². The summed E-state index contributed by atoms with van der Waals surface area (Å²) in [7, 11) is 0. The Labute approximate surface area is 126 Å². The van der Waals surface area contributed by atoms with Gasteiger partial charge < -0.3 is 10.4 Å². The Morgan fingerprint density at radius 2 is 1.85 bits per heavy atom. The maximum absolute atomic E-state index is 12.2. The van der Waals surface area contributed by atoms with Gasteiger partial charge in [0.25, 0.3) is 0 Å². The van der Waals surface area contributed by atoms with Gasteiger partial charge in [-0.1, -0.05) is 13.8 Å². The fourth-order valence-electron chi connectivity index (χ4n) is 2.83. The van der Waals surface area contributed by atoms with E-state index < -0.39 is 12.0 Å². The molecular weight excluding hydrogens is 274 g/mol. The van der Waals surface area contributed by atoms with Crippen LogP contribution < -0.4 is 5.32 Å². The van der Waals surface area contributed by atoms with Gasteiger partial charge in [-0.3, -0.25) is 4.79 Å². The highest BCUT2D eigenvalue weighted by atomic mass is 32.2. The predicted molar refractivity (Wildman–Crippen MR) is 82.9 cm³/mol. The Morgan fingerprint density at radius 1 is 1.25 bits per heavy atom. The van der Waals surface area contributed by atoms with Gasteiger partial charge in [0, 0.05) is 5.92 Å². The van der Waals surface area contributed by atoms with Gasteiger partial charge in [-0.05, 0) is 55.9 Å². The van der Waals surface area contributed by atoms with Crippen LogP contribution in [0.25, 0.3) is 0 Å². The third kappa shape index (κ3) is 5.35. The highest BCUT2D eigenvalue weighted by Gasteiger charge is 2.29. The van der Waals surface area contributed by atoms with Gasteiger partial charge in [0.15, 0.2) is 0 Å². The van der Waals surface area contributed by atoms with E-state index >= 15 is 0 Å². The number of amides is 1. The van der Waals surface area contributed by atoms with Crippen molar-refractivity contribution in [3.05, 3.63) is 0 Å². The number of hydrogen-bond acceptors (Lipinski definition) is 3. The highest BCUT2D eigenvalue weighted by molar-refractivity contribution is 7.98.